The van der Waals surface area contributed by atoms with Gasteiger partial charge in [0.15, 0.2) is 5.65 Å². The number of carbonyl (C=O) groups is 2. The predicted octanol–water partition coefficient (Wildman–Crippen LogP) is 4.43. The minimum absolute atomic E-state index is 0.0344. The van der Waals surface area contributed by atoms with E-state index in [1.165, 1.54) is 15.6 Å². The Morgan fingerprint density at radius 1 is 1.20 bits per heavy atom. The zero-order valence-corrected chi connectivity index (χ0v) is 26.4. The number of hydrogen-bond acceptors (Lipinski definition) is 9. The number of nitrogens with zero attached hydrogens (tertiary/aromatic N) is 5. The van der Waals surface area contributed by atoms with Gasteiger partial charge in [0.05, 0.1) is 11.8 Å². The van der Waals surface area contributed by atoms with E-state index in [9.17, 15) is 14.4 Å². The van der Waals surface area contributed by atoms with Crippen LogP contribution in [0, 0.1) is 0 Å². The molecule has 3 aromatic heterocycles. The Labute approximate surface area is 256 Å². The molecule has 0 spiro atoms. The summed E-state index contributed by atoms with van der Waals surface area (Å²) in [5, 5.41) is 10.7. The van der Waals surface area contributed by atoms with Crippen LogP contribution in [0.25, 0.3) is 5.65 Å². The number of hydrogen-bond donors (Lipinski definition) is 2. The Bertz CT molecular complexity index is 1570. The van der Waals surface area contributed by atoms with Gasteiger partial charge in [0.1, 0.15) is 28.5 Å². The van der Waals surface area contributed by atoms with Gasteiger partial charge in [-0.05, 0) is 78.4 Å². The Morgan fingerprint density at radius 2 is 1.95 bits per heavy atom. The average molecular weight is 610 g/mol. The largest absolute Gasteiger partial charge is 0.443 e. The second-order valence-corrected chi connectivity index (χ2v) is 12.9. The molecule has 13 nitrogen and oxygen atoms in total. The smallest absolute Gasteiger partial charge is 0.415 e. The summed E-state index contributed by atoms with van der Waals surface area (Å²) in [4.78, 5) is 46.2. The van der Waals surface area contributed by atoms with Crippen molar-refractivity contribution in [3.63, 3.8) is 0 Å². The van der Waals surface area contributed by atoms with Gasteiger partial charge in [-0.25, -0.2) is 9.78 Å². The lowest BCUT2D eigenvalue weighted by Crippen LogP contribution is -2.45. The number of nitrogens with one attached hydrogen (secondary N) is 2. The number of ether oxygens (including phenoxy) is 3. The fraction of sp³-hybridized carbons (Fsp3) is 0.581. The maximum absolute atomic E-state index is 13.6. The molecule has 2 atom stereocenters. The van der Waals surface area contributed by atoms with Crippen molar-refractivity contribution in [3.05, 3.63) is 46.5 Å². The van der Waals surface area contributed by atoms with Gasteiger partial charge in [0.25, 0.3) is 11.5 Å². The molecule has 3 aromatic rings. The van der Waals surface area contributed by atoms with E-state index in [1.54, 1.807) is 63.9 Å². The Balaban J connectivity index is 1.51. The van der Waals surface area contributed by atoms with Crippen molar-refractivity contribution in [3.8, 4) is 0 Å². The van der Waals surface area contributed by atoms with Gasteiger partial charge in [-0.2, -0.15) is 9.61 Å². The highest BCUT2D eigenvalue weighted by atomic mass is 16.6. The summed E-state index contributed by atoms with van der Waals surface area (Å²) in [7, 11) is 3.25. The molecule has 44 heavy (non-hydrogen) atoms. The lowest BCUT2D eigenvalue weighted by molar-refractivity contribution is -0.0314. The first-order chi connectivity index (χ1) is 20.9. The fourth-order valence-corrected chi connectivity index (χ4v) is 5.85. The van der Waals surface area contributed by atoms with E-state index >= 15 is 0 Å². The number of aromatic nitrogens is 4. The molecular weight excluding hydrogens is 566 g/mol. The van der Waals surface area contributed by atoms with Crippen molar-refractivity contribution < 1.29 is 23.8 Å². The lowest BCUT2D eigenvalue weighted by Gasteiger charge is -2.37. The topological polar surface area (TPSA) is 141 Å². The van der Waals surface area contributed by atoms with Crippen LogP contribution in [0.15, 0.2) is 35.4 Å². The molecule has 2 N–H and O–H groups in total. The van der Waals surface area contributed by atoms with Crippen LogP contribution in [0.4, 0.5) is 22.1 Å². The molecule has 238 valence electrons. The third kappa shape index (κ3) is 6.88. The summed E-state index contributed by atoms with van der Waals surface area (Å²) >= 11 is 0. The first-order valence-corrected chi connectivity index (χ1v) is 15.1. The second kappa shape index (κ2) is 12.6. The highest BCUT2D eigenvalue weighted by molar-refractivity contribution is 6.00. The first kappa shape index (κ1) is 31.5. The molecule has 5 rings (SSSR count). The molecule has 4 heterocycles. The van der Waals surface area contributed by atoms with Gasteiger partial charge < -0.3 is 29.4 Å². The number of amides is 2. The van der Waals surface area contributed by atoms with Crippen LogP contribution in [-0.2, 0) is 14.2 Å². The molecule has 2 fully saturated rings. The zero-order valence-electron chi connectivity index (χ0n) is 26.4. The molecule has 1 aliphatic carbocycles. The van der Waals surface area contributed by atoms with Crippen LogP contribution in [-0.4, -0.2) is 75.8 Å². The third-order valence-corrected chi connectivity index (χ3v) is 8.29. The first-order valence-electron chi connectivity index (χ1n) is 15.1. The summed E-state index contributed by atoms with van der Waals surface area (Å²) in [6, 6.07) is 5.05. The van der Waals surface area contributed by atoms with Crippen LogP contribution in [0.1, 0.15) is 82.6 Å². The summed E-state index contributed by atoms with van der Waals surface area (Å²) in [5.74, 6) is 0.238. The number of methoxy groups -OCH3 is 1. The molecule has 0 aromatic carbocycles. The van der Waals surface area contributed by atoms with Gasteiger partial charge >= 0.3 is 6.09 Å². The van der Waals surface area contributed by atoms with E-state index in [1.807, 2.05) is 0 Å². The summed E-state index contributed by atoms with van der Waals surface area (Å²) in [6.07, 6.45) is 7.49. The van der Waals surface area contributed by atoms with Crippen molar-refractivity contribution in [2.45, 2.75) is 89.5 Å². The highest BCUT2D eigenvalue weighted by Crippen LogP contribution is 2.31. The van der Waals surface area contributed by atoms with Crippen LogP contribution in [0.3, 0.4) is 0 Å². The lowest BCUT2D eigenvalue weighted by atomic mass is 9.83. The molecule has 2 aliphatic rings. The van der Waals surface area contributed by atoms with Crippen LogP contribution in [0.5, 0.6) is 0 Å². The SMILES string of the molecule is CO[C@]1(C)CCCC(NC(=O)c2cnn3c(N(C)C(=O)OC(C)(C)C)cc(Nc4cccn(C5CCOCC5)c4=O)nc23)C1. The van der Waals surface area contributed by atoms with E-state index in [0.717, 1.165) is 32.1 Å². The standard InChI is InChI=1S/C31H43N7O6/c1-30(2,3)44-29(41)36(5)25-17-24(34-23-10-8-14-37(28(23)40)21-11-15-43-16-12-21)35-26-22(19-32-38(25)26)27(39)33-20-9-7-13-31(4,18-20)42-6/h8,10,14,17,19-21H,7,9,11-13,15-16,18H2,1-6H3,(H,33,39)(H,34,35)/t20?,31-/m1/s1. The number of rotatable bonds is 7. The van der Waals surface area contributed by atoms with Gasteiger partial charge in [0.2, 0.25) is 0 Å². The van der Waals surface area contributed by atoms with Gasteiger partial charge in [0, 0.05) is 51.7 Å². The van der Waals surface area contributed by atoms with Crippen molar-refractivity contribution >= 4 is 35.0 Å². The van der Waals surface area contributed by atoms with Gasteiger partial charge in [-0.3, -0.25) is 14.5 Å². The number of fused-ring (bicyclic) bond motifs is 1. The molecule has 1 aliphatic heterocycles. The third-order valence-electron chi connectivity index (χ3n) is 8.29. The molecule has 0 radical (unpaired) electrons. The van der Waals surface area contributed by atoms with Crippen molar-refractivity contribution in [2.24, 2.45) is 0 Å². The van der Waals surface area contributed by atoms with Crippen LogP contribution < -0.4 is 21.1 Å². The Kier molecular flexibility index (Phi) is 8.98. The van der Waals surface area contributed by atoms with E-state index in [4.69, 9.17) is 19.2 Å². The normalized spacial score (nSPS) is 21.2. The molecule has 0 bridgehead atoms. The minimum Gasteiger partial charge on any atom is -0.443 e. The molecule has 13 heteroatoms. The Hall–Kier alpha value is -3.97. The Morgan fingerprint density at radius 3 is 2.66 bits per heavy atom. The molecule has 1 unspecified atom stereocenters. The number of pyridine rings is 1. The van der Waals surface area contributed by atoms with Crippen molar-refractivity contribution in [1.82, 2.24) is 24.5 Å². The summed E-state index contributed by atoms with van der Waals surface area (Å²) in [5.41, 5.74) is -0.456. The minimum atomic E-state index is -0.732. The van der Waals surface area contributed by atoms with Crippen LogP contribution in [0.2, 0.25) is 0 Å². The summed E-state index contributed by atoms with van der Waals surface area (Å²) in [6.45, 7) is 8.60. The molecule has 1 saturated carbocycles. The zero-order chi connectivity index (χ0) is 31.6. The van der Waals surface area contributed by atoms with Crippen molar-refractivity contribution in [2.75, 3.05) is 37.6 Å². The molecule has 2 amide bonds. The molecule has 1 saturated heterocycles. The van der Waals surface area contributed by atoms with E-state index < -0.39 is 11.7 Å². The fourth-order valence-electron chi connectivity index (χ4n) is 5.85. The monoisotopic (exact) mass is 609 g/mol. The molecular formula is C31H43N7O6. The number of anilines is 3. The second-order valence-electron chi connectivity index (χ2n) is 12.9. The van der Waals surface area contributed by atoms with Crippen LogP contribution >= 0.6 is 0 Å². The maximum Gasteiger partial charge on any atom is 0.415 e. The quantitative estimate of drug-likeness (QED) is 0.398. The van der Waals surface area contributed by atoms with Gasteiger partial charge in [-0.1, -0.05) is 0 Å². The van der Waals surface area contributed by atoms with E-state index in [-0.39, 0.29) is 46.2 Å². The highest BCUT2D eigenvalue weighted by Gasteiger charge is 2.33. The van der Waals surface area contributed by atoms with E-state index in [0.29, 0.717) is 31.1 Å². The summed E-state index contributed by atoms with van der Waals surface area (Å²) < 4.78 is 19.9. The van der Waals surface area contributed by atoms with Gasteiger partial charge in [-0.15, -0.1) is 0 Å². The predicted molar refractivity (Wildman–Crippen MR) is 166 cm³/mol. The van der Waals surface area contributed by atoms with E-state index in [2.05, 4.69) is 22.7 Å². The van der Waals surface area contributed by atoms with Crippen molar-refractivity contribution in [1.29, 1.82) is 0 Å². The average Bonchev–Trinajstić information content (AvgIpc) is 3.41. The number of carbonyl (C=O) groups excluding carboxylic acids is 2. The maximum atomic E-state index is 13.6.